The summed E-state index contributed by atoms with van der Waals surface area (Å²) in [7, 11) is 3.63. The van der Waals surface area contributed by atoms with E-state index in [9.17, 15) is 4.39 Å². The molecule has 0 bridgehead atoms. The van der Waals surface area contributed by atoms with E-state index in [1.807, 2.05) is 6.92 Å². The van der Waals surface area contributed by atoms with Gasteiger partial charge in [0.25, 0.3) is 0 Å². The van der Waals surface area contributed by atoms with Crippen molar-refractivity contribution in [2.75, 3.05) is 45.8 Å². The molecule has 1 aromatic carbocycles. The summed E-state index contributed by atoms with van der Waals surface area (Å²) in [5.74, 6) is 0.802. The molecule has 1 aliphatic heterocycles. The van der Waals surface area contributed by atoms with Gasteiger partial charge in [-0.05, 0) is 32.2 Å². The second kappa shape index (κ2) is 7.76. The summed E-state index contributed by atoms with van der Waals surface area (Å²) in [5.41, 5.74) is 1.79. The summed E-state index contributed by atoms with van der Waals surface area (Å²) in [6, 6.07) is 4.92. The van der Waals surface area contributed by atoms with Gasteiger partial charge >= 0.3 is 0 Å². The molecule has 7 heteroatoms. The number of rotatable bonds is 5. The maximum Gasteiger partial charge on any atom is 0.222 e. The second-order valence-electron chi connectivity index (χ2n) is 6.13. The van der Waals surface area contributed by atoms with Gasteiger partial charge in [-0.1, -0.05) is 0 Å². The quantitative estimate of drug-likeness (QED) is 0.897. The first kappa shape index (κ1) is 17.6. The van der Waals surface area contributed by atoms with E-state index in [0.717, 1.165) is 13.2 Å². The summed E-state index contributed by atoms with van der Waals surface area (Å²) in [5, 5.41) is 3.24. The Labute approximate surface area is 147 Å². The largest absolute Gasteiger partial charge is 0.497 e. The van der Waals surface area contributed by atoms with Gasteiger partial charge in [0.05, 0.1) is 32.1 Å². The third-order valence-corrected chi connectivity index (χ3v) is 4.46. The van der Waals surface area contributed by atoms with Crippen molar-refractivity contribution >= 4 is 5.95 Å². The third-order valence-electron chi connectivity index (χ3n) is 4.46. The van der Waals surface area contributed by atoms with Crippen LogP contribution in [-0.4, -0.2) is 61.4 Å². The first-order valence-corrected chi connectivity index (χ1v) is 8.28. The molecule has 1 atom stereocenters. The molecule has 0 amide bonds. The van der Waals surface area contributed by atoms with Gasteiger partial charge in [-0.25, -0.2) is 14.4 Å². The van der Waals surface area contributed by atoms with E-state index in [1.54, 1.807) is 25.4 Å². The molecule has 25 heavy (non-hydrogen) atoms. The average molecular weight is 346 g/mol. The van der Waals surface area contributed by atoms with Gasteiger partial charge in [0, 0.05) is 30.4 Å². The smallest absolute Gasteiger partial charge is 0.222 e. The van der Waals surface area contributed by atoms with E-state index in [2.05, 4.69) is 27.2 Å². The lowest BCUT2D eigenvalue weighted by molar-refractivity contribution is 0.0109. The highest BCUT2D eigenvalue weighted by Crippen LogP contribution is 2.28. The average Bonchev–Trinajstić information content (AvgIpc) is 2.62. The van der Waals surface area contributed by atoms with Crippen molar-refractivity contribution < 1.29 is 13.9 Å². The van der Waals surface area contributed by atoms with Crippen molar-refractivity contribution in [2.24, 2.45) is 0 Å². The van der Waals surface area contributed by atoms with Crippen LogP contribution in [0, 0.1) is 12.7 Å². The number of aryl methyl sites for hydroxylation is 1. The Morgan fingerprint density at radius 1 is 1.40 bits per heavy atom. The van der Waals surface area contributed by atoms with Crippen molar-refractivity contribution in [1.29, 1.82) is 0 Å². The Hall–Kier alpha value is -2.25. The summed E-state index contributed by atoms with van der Waals surface area (Å²) in [6.45, 7) is 4.92. The summed E-state index contributed by atoms with van der Waals surface area (Å²) in [6.07, 6.45) is 1.64. The lowest BCUT2D eigenvalue weighted by atomic mass is 10.1. The topological polar surface area (TPSA) is 59.5 Å². The standard InChI is InChI=1S/C18H23FN4O2/c1-12-16(15-8-14(24-3)4-5-17(15)19)10-21-18(22-12)20-9-13-11-25-7-6-23(13)2/h4-5,8,10,13H,6-7,9,11H2,1-3H3,(H,20,21,22). The number of anilines is 1. The summed E-state index contributed by atoms with van der Waals surface area (Å²) in [4.78, 5) is 11.1. The molecular formula is C18H23FN4O2. The Balaban J connectivity index is 1.75. The van der Waals surface area contributed by atoms with Gasteiger partial charge in [-0.2, -0.15) is 0 Å². The Morgan fingerprint density at radius 3 is 2.96 bits per heavy atom. The zero-order valence-electron chi connectivity index (χ0n) is 14.8. The number of methoxy groups -OCH3 is 1. The molecule has 0 radical (unpaired) electrons. The maximum atomic E-state index is 14.2. The minimum absolute atomic E-state index is 0.285. The van der Waals surface area contributed by atoms with E-state index in [4.69, 9.17) is 9.47 Å². The molecule has 0 aliphatic carbocycles. The molecule has 134 valence electrons. The lowest BCUT2D eigenvalue weighted by Gasteiger charge is -2.32. The third kappa shape index (κ3) is 4.05. The predicted molar refractivity (Wildman–Crippen MR) is 94.4 cm³/mol. The minimum Gasteiger partial charge on any atom is -0.497 e. The predicted octanol–water partition coefficient (Wildman–Crippen LogP) is 2.34. The molecular weight excluding hydrogens is 323 g/mol. The van der Waals surface area contributed by atoms with Crippen molar-refractivity contribution in [3.05, 3.63) is 35.9 Å². The molecule has 2 heterocycles. The lowest BCUT2D eigenvalue weighted by Crippen LogP contribution is -2.46. The van der Waals surface area contributed by atoms with Crippen LogP contribution in [0.3, 0.4) is 0 Å². The van der Waals surface area contributed by atoms with E-state index >= 15 is 0 Å². The number of likely N-dealkylation sites (N-methyl/N-ethyl adjacent to an activating group) is 1. The highest BCUT2D eigenvalue weighted by molar-refractivity contribution is 5.67. The van der Waals surface area contributed by atoms with Crippen molar-refractivity contribution in [3.63, 3.8) is 0 Å². The number of morpholine rings is 1. The monoisotopic (exact) mass is 346 g/mol. The number of ether oxygens (including phenoxy) is 2. The zero-order chi connectivity index (χ0) is 17.8. The number of nitrogens with one attached hydrogen (secondary N) is 1. The maximum absolute atomic E-state index is 14.2. The fraction of sp³-hybridized carbons (Fsp3) is 0.444. The molecule has 0 spiro atoms. The second-order valence-corrected chi connectivity index (χ2v) is 6.13. The van der Waals surface area contributed by atoms with Crippen LogP contribution in [-0.2, 0) is 4.74 Å². The van der Waals surface area contributed by atoms with Crippen molar-refractivity contribution in [1.82, 2.24) is 14.9 Å². The van der Waals surface area contributed by atoms with Gasteiger partial charge in [0.2, 0.25) is 5.95 Å². The SMILES string of the molecule is COc1ccc(F)c(-c2cnc(NCC3COCCN3C)nc2C)c1. The van der Waals surface area contributed by atoms with Gasteiger partial charge in [0.1, 0.15) is 11.6 Å². The van der Waals surface area contributed by atoms with Crippen molar-refractivity contribution in [3.8, 4) is 16.9 Å². The molecule has 1 fully saturated rings. The van der Waals surface area contributed by atoms with E-state index in [-0.39, 0.29) is 11.9 Å². The van der Waals surface area contributed by atoms with Gasteiger partial charge in [-0.3, -0.25) is 4.90 Å². The van der Waals surface area contributed by atoms with Crippen LogP contribution >= 0.6 is 0 Å². The zero-order valence-corrected chi connectivity index (χ0v) is 14.8. The first-order chi connectivity index (χ1) is 12.1. The molecule has 1 saturated heterocycles. The van der Waals surface area contributed by atoms with Crippen LogP contribution in [0.25, 0.3) is 11.1 Å². The van der Waals surface area contributed by atoms with Crippen LogP contribution in [0.15, 0.2) is 24.4 Å². The fourth-order valence-electron chi connectivity index (χ4n) is 2.82. The number of halogens is 1. The van der Waals surface area contributed by atoms with Crippen LogP contribution < -0.4 is 10.1 Å². The molecule has 1 unspecified atom stereocenters. The van der Waals surface area contributed by atoms with Crippen LogP contribution in [0.5, 0.6) is 5.75 Å². The number of hydrogen-bond donors (Lipinski definition) is 1. The molecule has 1 aromatic heterocycles. The summed E-state index contributed by atoms with van der Waals surface area (Å²) < 4.78 is 24.8. The van der Waals surface area contributed by atoms with Gasteiger partial charge in [0.15, 0.2) is 0 Å². The first-order valence-electron chi connectivity index (χ1n) is 8.28. The number of hydrogen-bond acceptors (Lipinski definition) is 6. The highest BCUT2D eigenvalue weighted by atomic mass is 19.1. The fourth-order valence-corrected chi connectivity index (χ4v) is 2.82. The molecule has 1 N–H and O–H groups in total. The van der Waals surface area contributed by atoms with Crippen LogP contribution in [0.2, 0.25) is 0 Å². The van der Waals surface area contributed by atoms with Gasteiger partial charge < -0.3 is 14.8 Å². The Kier molecular flexibility index (Phi) is 5.45. The minimum atomic E-state index is -0.325. The van der Waals surface area contributed by atoms with Crippen LogP contribution in [0.4, 0.5) is 10.3 Å². The van der Waals surface area contributed by atoms with Crippen molar-refractivity contribution in [2.45, 2.75) is 13.0 Å². The number of nitrogens with zero attached hydrogens (tertiary/aromatic N) is 3. The molecule has 0 saturated carbocycles. The molecule has 6 nitrogen and oxygen atoms in total. The molecule has 1 aliphatic rings. The summed E-state index contributed by atoms with van der Waals surface area (Å²) >= 11 is 0. The Morgan fingerprint density at radius 2 is 2.24 bits per heavy atom. The van der Waals surface area contributed by atoms with E-state index < -0.39 is 0 Å². The number of benzene rings is 1. The van der Waals surface area contributed by atoms with Gasteiger partial charge in [-0.15, -0.1) is 0 Å². The Bertz CT molecular complexity index is 741. The molecule has 3 rings (SSSR count). The van der Waals surface area contributed by atoms with E-state index in [0.29, 0.717) is 41.7 Å². The highest BCUT2D eigenvalue weighted by Gasteiger charge is 2.19. The van der Waals surface area contributed by atoms with Crippen LogP contribution in [0.1, 0.15) is 5.69 Å². The van der Waals surface area contributed by atoms with E-state index in [1.165, 1.54) is 6.07 Å². The molecule has 2 aromatic rings. The number of aromatic nitrogens is 2. The normalized spacial score (nSPS) is 18.2.